The molecule has 27 heavy (non-hydrogen) atoms. The third-order valence-corrected chi connectivity index (χ3v) is 6.00. The van der Waals surface area contributed by atoms with Crippen molar-refractivity contribution < 1.29 is 9.18 Å². The van der Waals surface area contributed by atoms with Crippen LogP contribution in [-0.4, -0.2) is 41.5 Å². The number of piperidine rings is 1. The first-order chi connectivity index (χ1) is 13.0. The molecule has 1 saturated heterocycles. The fourth-order valence-corrected chi connectivity index (χ4v) is 4.53. The number of nitrogens with one attached hydrogen (secondary N) is 1. The molecule has 6 heteroatoms. The first-order valence-corrected chi connectivity index (χ1v) is 10.6. The van der Waals surface area contributed by atoms with E-state index in [0.29, 0.717) is 6.42 Å². The average Bonchev–Trinajstić information content (AvgIpc) is 3.02. The van der Waals surface area contributed by atoms with Crippen LogP contribution in [-0.2, 0) is 11.2 Å². The first kappa shape index (κ1) is 20.0. The van der Waals surface area contributed by atoms with Crippen LogP contribution in [0.15, 0.2) is 24.3 Å². The molecule has 0 aliphatic carbocycles. The van der Waals surface area contributed by atoms with Gasteiger partial charge < -0.3 is 10.2 Å². The maximum absolute atomic E-state index is 13.2. The SMILES string of the molecule is CC[C@H](CN1CCCCC1)NC(=O)Cc1sc(C)nc1-c1ccc(F)cc1. The second kappa shape index (κ2) is 9.42. The van der Waals surface area contributed by atoms with Crippen LogP contribution in [0.4, 0.5) is 4.39 Å². The first-order valence-electron chi connectivity index (χ1n) is 9.79. The van der Waals surface area contributed by atoms with Crippen molar-refractivity contribution in [2.75, 3.05) is 19.6 Å². The second-order valence-electron chi connectivity index (χ2n) is 7.22. The van der Waals surface area contributed by atoms with Gasteiger partial charge in [-0.05, 0) is 63.5 Å². The van der Waals surface area contributed by atoms with E-state index in [1.54, 1.807) is 12.1 Å². The highest BCUT2D eigenvalue weighted by Gasteiger charge is 2.19. The monoisotopic (exact) mass is 389 g/mol. The van der Waals surface area contributed by atoms with Crippen LogP contribution in [0.3, 0.4) is 0 Å². The molecule has 1 atom stereocenters. The molecule has 1 aliphatic rings. The van der Waals surface area contributed by atoms with Gasteiger partial charge >= 0.3 is 0 Å². The molecule has 1 aromatic carbocycles. The molecule has 1 N–H and O–H groups in total. The van der Waals surface area contributed by atoms with Crippen LogP contribution < -0.4 is 5.32 Å². The number of aryl methyl sites for hydroxylation is 1. The standard InChI is InChI=1S/C21H28FN3OS/c1-3-18(14-25-11-5-4-6-12-25)24-20(26)13-19-21(23-15(2)27-19)16-7-9-17(22)10-8-16/h7-10,18H,3-6,11-14H2,1-2H3,(H,24,26)/t18-/m1/s1. The molecule has 3 rings (SSSR count). The van der Waals surface area contributed by atoms with E-state index in [2.05, 4.69) is 22.1 Å². The van der Waals surface area contributed by atoms with Gasteiger partial charge in [0.2, 0.25) is 5.91 Å². The molecule has 0 bridgehead atoms. The highest BCUT2D eigenvalue weighted by molar-refractivity contribution is 7.12. The summed E-state index contributed by atoms with van der Waals surface area (Å²) in [5.74, 6) is -0.237. The lowest BCUT2D eigenvalue weighted by atomic mass is 10.1. The summed E-state index contributed by atoms with van der Waals surface area (Å²) in [4.78, 5) is 20.6. The Morgan fingerprint density at radius 3 is 2.63 bits per heavy atom. The van der Waals surface area contributed by atoms with Gasteiger partial charge in [-0.1, -0.05) is 13.3 Å². The van der Waals surface area contributed by atoms with E-state index < -0.39 is 0 Å². The molecular weight excluding hydrogens is 361 g/mol. The molecule has 1 amide bonds. The van der Waals surface area contributed by atoms with Gasteiger partial charge in [0.15, 0.2) is 0 Å². The van der Waals surface area contributed by atoms with Gasteiger partial charge in [0, 0.05) is 23.0 Å². The fourth-order valence-electron chi connectivity index (χ4n) is 3.58. The van der Waals surface area contributed by atoms with E-state index in [4.69, 9.17) is 0 Å². The van der Waals surface area contributed by atoms with Crippen LogP contribution in [0.25, 0.3) is 11.3 Å². The zero-order chi connectivity index (χ0) is 19.2. The summed E-state index contributed by atoms with van der Waals surface area (Å²) in [5, 5.41) is 4.11. The van der Waals surface area contributed by atoms with Gasteiger partial charge in [-0.2, -0.15) is 0 Å². The molecule has 0 saturated carbocycles. The van der Waals surface area contributed by atoms with Gasteiger partial charge in [-0.25, -0.2) is 9.37 Å². The summed E-state index contributed by atoms with van der Waals surface area (Å²) in [6, 6.07) is 6.48. The Hall–Kier alpha value is -1.79. The number of halogens is 1. The lowest BCUT2D eigenvalue weighted by Gasteiger charge is -2.30. The van der Waals surface area contributed by atoms with Crippen LogP contribution in [0.1, 0.15) is 42.5 Å². The summed E-state index contributed by atoms with van der Waals surface area (Å²) in [6.07, 6.45) is 5.07. The maximum Gasteiger partial charge on any atom is 0.225 e. The third kappa shape index (κ3) is 5.59. The zero-order valence-corrected chi connectivity index (χ0v) is 16.9. The Morgan fingerprint density at radius 1 is 1.26 bits per heavy atom. The number of carbonyl (C=O) groups is 1. The van der Waals surface area contributed by atoms with Gasteiger partial charge in [0.05, 0.1) is 17.1 Å². The molecule has 1 aliphatic heterocycles. The minimum Gasteiger partial charge on any atom is -0.352 e. The molecule has 4 nitrogen and oxygen atoms in total. The molecule has 2 aromatic rings. The maximum atomic E-state index is 13.2. The summed E-state index contributed by atoms with van der Waals surface area (Å²) >= 11 is 1.54. The highest BCUT2D eigenvalue weighted by Crippen LogP contribution is 2.28. The highest BCUT2D eigenvalue weighted by atomic mass is 32.1. The van der Waals surface area contributed by atoms with Crippen LogP contribution in [0.5, 0.6) is 0 Å². The lowest BCUT2D eigenvalue weighted by Crippen LogP contribution is -2.45. The predicted octanol–water partition coefficient (Wildman–Crippen LogP) is 4.18. The second-order valence-corrected chi connectivity index (χ2v) is 8.51. The van der Waals surface area contributed by atoms with Gasteiger partial charge in [0.25, 0.3) is 0 Å². The molecule has 1 aromatic heterocycles. The van der Waals surface area contributed by atoms with E-state index >= 15 is 0 Å². The Bertz CT molecular complexity index is 753. The van der Waals surface area contributed by atoms with Crippen molar-refractivity contribution >= 4 is 17.2 Å². The van der Waals surface area contributed by atoms with Crippen molar-refractivity contribution in [1.29, 1.82) is 0 Å². The van der Waals surface area contributed by atoms with Crippen molar-refractivity contribution in [1.82, 2.24) is 15.2 Å². The summed E-state index contributed by atoms with van der Waals surface area (Å²) < 4.78 is 13.2. The number of thiazole rings is 1. The lowest BCUT2D eigenvalue weighted by molar-refractivity contribution is -0.121. The third-order valence-electron chi connectivity index (χ3n) is 5.03. The van der Waals surface area contributed by atoms with E-state index in [9.17, 15) is 9.18 Å². The van der Waals surface area contributed by atoms with Crippen LogP contribution in [0.2, 0.25) is 0 Å². The number of nitrogens with zero attached hydrogens (tertiary/aromatic N) is 2. The molecule has 1 fully saturated rings. The van der Waals surface area contributed by atoms with Crippen LogP contribution >= 0.6 is 11.3 Å². The van der Waals surface area contributed by atoms with Gasteiger partial charge in [-0.15, -0.1) is 11.3 Å². The number of hydrogen-bond acceptors (Lipinski definition) is 4. The Kier molecular flexibility index (Phi) is 6.96. The molecule has 0 spiro atoms. The van der Waals surface area contributed by atoms with Crippen molar-refractivity contribution in [2.24, 2.45) is 0 Å². The molecule has 0 radical (unpaired) electrons. The molecule has 146 valence electrons. The number of benzene rings is 1. The van der Waals surface area contributed by atoms with E-state index in [1.165, 1.54) is 42.7 Å². The van der Waals surface area contributed by atoms with Crippen molar-refractivity contribution in [3.8, 4) is 11.3 Å². The number of rotatable bonds is 7. The minimum absolute atomic E-state index is 0.0332. The van der Waals surface area contributed by atoms with Crippen molar-refractivity contribution in [3.05, 3.63) is 40.0 Å². The van der Waals surface area contributed by atoms with Crippen LogP contribution in [0, 0.1) is 12.7 Å². The molecular formula is C21H28FN3OS. The van der Waals surface area contributed by atoms with E-state index in [0.717, 1.165) is 47.2 Å². The van der Waals surface area contributed by atoms with Crippen molar-refractivity contribution in [3.63, 3.8) is 0 Å². The van der Waals surface area contributed by atoms with Crippen molar-refractivity contribution in [2.45, 2.75) is 52.0 Å². The number of likely N-dealkylation sites (tertiary alicyclic amines) is 1. The van der Waals surface area contributed by atoms with Gasteiger partial charge in [-0.3, -0.25) is 4.79 Å². The number of amides is 1. The number of aromatic nitrogens is 1. The largest absolute Gasteiger partial charge is 0.352 e. The zero-order valence-electron chi connectivity index (χ0n) is 16.1. The summed E-state index contributed by atoms with van der Waals surface area (Å²) in [6.45, 7) is 7.25. The average molecular weight is 390 g/mol. The van der Waals surface area contributed by atoms with E-state index in [1.807, 2.05) is 6.92 Å². The summed E-state index contributed by atoms with van der Waals surface area (Å²) in [7, 11) is 0. The topological polar surface area (TPSA) is 45.2 Å². The summed E-state index contributed by atoms with van der Waals surface area (Å²) in [5.41, 5.74) is 1.64. The predicted molar refractivity (Wildman–Crippen MR) is 108 cm³/mol. The smallest absolute Gasteiger partial charge is 0.225 e. The van der Waals surface area contributed by atoms with E-state index in [-0.39, 0.29) is 17.8 Å². The molecule has 0 unspecified atom stereocenters. The Labute approximate surface area is 164 Å². The molecule has 2 heterocycles. The minimum atomic E-state index is -0.270. The van der Waals surface area contributed by atoms with Gasteiger partial charge in [0.1, 0.15) is 5.82 Å². The number of carbonyl (C=O) groups excluding carboxylic acids is 1. The normalized spacial score (nSPS) is 16.3. The number of hydrogen-bond donors (Lipinski definition) is 1. The fraction of sp³-hybridized carbons (Fsp3) is 0.524. The Balaban J connectivity index is 1.64. The Morgan fingerprint density at radius 2 is 1.96 bits per heavy atom. The quantitative estimate of drug-likeness (QED) is 0.773.